The molecule has 1 N–H and O–H groups in total. The molecular formula is C16H32N2O2. The highest BCUT2D eigenvalue weighted by Crippen LogP contribution is 2.41. The van der Waals surface area contributed by atoms with Crippen molar-refractivity contribution >= 4 is 5.97 Å². The summed E-state index contributed by atoms with van der Waals surface area (Å²) in [7, 11) is 1.50. The van der Waals surface area contributed by atoms with E-state index in [0.717, 1.165) is 32.5 Å². The van der Waals surface area contributed by atoms with E-state index in [1.807, 2.05) is 0 Å². The summed E-state index contributed by atoms with van der Waals surface area (Å²) in [6.07, 6.45) is 2.24. The van der Waals surface area contributed by atoms with Gasteiger partial charge < -0.3 is 9.64 Å². The van der Waals surface area contributed by atoms with Crippen molar-refractivity contribution in [2.45, 2.75) is 59.0 Å². The first-order valence-electron chi connectivity index (χ1n) is 7.94. The lowest BCUT2D eigenvalue weighted by molar-refractivity contribution is -0.151. The molecule has 0 bridgehead atoms. The monoisotopic (exact) mass is 284 g/mol. The molecule has 0 aromatic rings. The number of nitrogens with one attached hydrogen (secondary N) is 1. The van der Waals surface area contributed by atoms with Gasteiger partial charge >= 0.3 is 5.97 Å². The molecule has 1 unspecified atom stereocenters. The number of ether oxygens (including phenoxy) is 1. The lowest BCUT2D eigenvalue weighted by atomic mass is 9.90. The molecule has 20 heavy (non-hydrogen) atoms. The van der Waals surface area contributed by atoms with E-state index >= 15 is 0 Å². The predicted octanol–water partition coefficient (Wildman–Crippen LogP) is 2.28. The van der Waals surface area contributed by atoms with Gasteiger partial charge in [-0.25, -0.2) is 4.79 Å². The standard InChI is InChI=1S/C16H32N2O2/c1-7-18(10-12(2)3)11-16(14-8-9-14,15(19)20-6)17-13(4)5/h12-14,17H,7-11H2,1-6H3. The van der Waals surface area contributed by atoms with Crippen LogP contribution in [0.25, 0.3) is 0 Å². The molecule has 4 heteroatoms. The first kappa shape index (κ1) is 17.4. The van der Waals surface area contributed by atoms with Crippen molar-refractivity contribution in [3.05, 3.63) is 0 Å². The second-order valence-corrected chi connectivity index (χ2v) is 6.76. The van der Waals surface area contributed by atoms with E-state index in [-0.39, 0.29) is 12.0 Å². The Morgan fingerprint density at radius 2 is 1.95 bits per heavy atom. The molecule has 0 saturated heterocycles. The fourth-order valence-electron chi connectivity index (χ4n) is 3.03. The third kappa shape index (κ3) is 4.45. The quantitative estimate of drug-likeness (QED) is 0.660. The van der Waals surface area contributed by atoms with Crippen LogP contribution in [0.3, 0.4) is 0 Å². The Bertz CT molecular complexity index is 314. The van der Waals surface area contributed by atoms with Gasteiger partial charge in [-0.1, -0.05) is 20.8 Å². The molecule has 1 fully saturated rings. The molecule has 0 aromatic heterocycles. The van der Waals surface area contributed by atoms with E-state index in [2.05, 4.69) is 44.8 Å². The van der Waals surface area contributed by atoms with Gasteiger partial charge in [0.05, 0.1) is 7.11 Å². The summed E-state index contributed by atoms with van der Waals surface area (Å²) in [5.74, 6) is 0.915. The normalized spacial score (nSPS) is 18.6. The Morgan fingerprint density at radius 1 is 1.35 bits per heavy atom. The van der Waals surface area contributed by atoms with Gasteiger partial charge in [0, 0.05) is 19.1 Å². The Labute approximate surface area is 124 Å². The van der Waals surface area contributed by atoms with Crippen molar-refractivity contribution in [3.8, 4) is 0 Å². The van der Waals surface area contributed by atoms with E-state index in [0.29, 0.717) is 11.8 Å². The second-order valence-electron chi connectivity index (χ2n) is 6.76. The summed E-state index contributed by atoms with van der Waals surface area (Å²) in [5.41, 5.74) is -0.534. The first-order valence-corrected chi connectivity index (χ1v) is 7.94. The van der Waals surface area contributed by atoms with Crippen LogP contribution in [-0.2, 0) is 9.53 Å². The average molecular weight is 284 g/mol. The molecule has 4 nitrogen and oxygen atoms in total. The number of carbonyl (C=O) groups excluding carboxylic acids is 1. The molecule has 0 aromatic carbocycles. The van der Waals surface area contributed by atoms with Gasteiger partial charge in [-0.3, -0.25) is 5.32 Å². The Morgan fingerprint density at radius 3 is 2.30 bits per heavy atom. The highest BCUT2D eigenvalue weighted by Gasteiger charge is 2.52. The second kappa shape index (κ2) is 7.41. The number of hydrogen-bond acceptors (Lipinski definition) is 4. The highest BCUT2D eigenvalue weighted by molar-refractivity contribution is 5.82. The number of hydrogen-bond donors (Lipinski definition) is 1. The van der Waals surface area contributed by atoms with Crippen molar-refractivity contribution in [1.29, 1.82) is 0 Å². The van der Waals surface area contributed by atoms with Crippen LogP contribution in [0, 0.1) is 11.8 Å². The Balaban J connectivity index is 2.92. The van der Waals surface area contributed by atoms with Crippen molar-refractivity contribution in [1.82, 2.24) is 10.2 Å². The number of nitrogens with zero attached hydrogens (tertiary/aromatic N) is 1. The topological polar surface area (TPSA) is 41.6 Å². The summed E-state index contributed by atoms with van der Waals surface area (Å²) < 4.78 is 5.14. The highest BCUT2D eigenvalue weighted by atomic mass is 16.5. The maximum Gasteiger partial charge on any atom is 0.327 e. The zero-order chi connectivity index (χ0) is 15.3. The molecule has 0 heterocycles. The number of esters is 1. The van der Waals surface area contributed by atoms with Crippen LogP contribution in [-0.4, -0.2) is 49.2 Å². The molecule has 1 saturated carbocycles. The van der Waals surface area contributed by atoms with Crippen molar-refractivity contribution < 1.29 is 9.53 Å². The van der Waals surface area contributed by atoms with Crippen molar-refractivity contribution in [3.63, 3.8) is 0 Å². The molecule has 0 radical (unpaired) electrons. The van der Waals surface area contributed by atoms with Crippen LogP contribution in [0.1, 0.15) is 47.5 Å². The fraction of sp³-hybridized carbons (Fsp3) is 0.938. The number of methoxy groups -OCH3 is 1. The van der Waals surface area contributed by atoms with Crippen LogP contribution >= 0.6 is 0 Å². The maximum absolute atomic E-state index is 12.5. The smallest absolute Gasteiger partial charge is 0.327 e. The van der Waals surface area contributed by atoms with E-state index in [4.69, 9.17) is 4.74 Å². The summed E-state index contributed by atoms with van der Waals surface area (Å²) in [5, 5.41) is 3.53. The average Bonchev–Trinajstić information content (AvgIpc) is 3.19. The van der Waals surface area contributed by atoms with E-state index in [9.17, 15) is 4.79 Å². The molecule has 118 valence electrons. The SMILES string of the molecule is CCN(CC(C)C)CC(NC(C)C)(C(=O)OC)C1CC1. The van der Waals surface area contributed by atoms with Gasteiger partial charge in [0.2, 0.25) is 0 Å². The van der Waals surface area contributed by atoms with Crippen LogP contribution in [0.4, 0.5) is 0 Å². The molecule has 1 atom stereocenters. The fourth-order valence-corrected chi connectivity index (χ4v) is 3.03. The summed E-state index contributed by atoms with van der Waals surface area (Å²) >= 11 is 0. The minimum absolute atomic E-state index is 0.101. The maximum atomic E-state index is 12.5. The van der Waals surface area contributed by atoms with Gasteiger partial charge in [-0.05, 0) is 45.1 Å². The summed E-state index contributed by atoms with van der Waals surface area (Å²) in [4.78, 5) is 14.8. The van der Waals surface area contributed by atoms with E-state index in [1.165, 1.54) is 7.11 Å². The predicted molar refractivity (Wildman–Crippen MR) is 82.7 cm³/mol. The molecule has 0 amide bonds. The lowest BCUT2D eigenvalue weighted by Crippen LogP contribution is -2.63. The molecule has 0 aliphatic heterocycles. The lowest BCUT2D eigenvalue weighted by Gasteiger charge is -2.39. The summed E-state index contributed by atoms with van der Waals surface area (Å²) in [6.45, 7) is 13.5. The third-order valence-corrected chi connectivity index (χ3v) is 3.91. The molecular weight excluding hydrogens is 252 g/mol. The minimum atomic E-state index is -0.534. The largest absolute Gasteiger partial charge is 0.468 e. The van der Waals surface area contributed by atoms with Gasteiger partial charge in [0.25, 0.3) is 0 Å². The zero-order valence-electron chi connectivity index (χ0n) is 14.0. The zero-order valence-corrected chi connectivity index (χ0v) is 14.0. The number of likely N-dealkylation sites (N-methyl/N-ethyl adjacent to an activating group) is 1. The summed E-state index contributed by atoms with van der Waals surface area (Å²) in [6, 6.07) is 0.271. The first-order chi connectivity index (χ1) is 9.35. The molecule has 0 spiro atoms. The minimum Gasteiger partial charge on any atom is -0.468 e. The van der Waals surface area contributed by atoms with Crippen LogP contribution < -0.4 is 5.32 Å². The van der Waals surface area contributed by atoms with Gasteiger partial charge in [0.15, 0.2) is 0 Å². The Hall–Kier alpha value is -0.610. The van der Waals surface area contributed by atoms with E-state index in [1.54, 1.807) is 0 Å². The van der Waals surface area contributed by atoms with Gasteiger partial charge in [0.1, 0.15) is 5.54 Å². The van der Waals surface area contributed by atoms with Crippen LogP contribution in [0.15, 0.2) is 0 Å². The Kier molecular flexibility index (Phi) is 6.46. The van der Waals surface area contributed by atoms with Gasteiger partial charge in [-0.15, -0.1) is 0 Å². The third-order valence-electron chi connectivity index (χ3n) is 3.91. The van der Waals surface area contributed by atoms with Crippen LogP contribution in [0.5, 0.6) is 0 Å². The molecule has 1 aliphatic carbocycles. The van der Waals surface area contributed by atoms with Crippen molar-refractivity contribution in [2.24, 2.45) is 11.8 Å². The van der Waals surface area contributed by atoms with E-state index < -0.39 is 5.54 Å². The number of rotatable bonds is 9. The van der Waals surface area contributed by atoms with Gasteiger partial charge in [-0.2, -0.15) is 0 Å². The van der Waals surface area contributed by atoms with Crippen LogP contribution in [0.2, 0.25) is 0 Å². The number of carbonyl (C=O) groups is 1. The molecule has 1 aliphatic rings. The molecule has 1 rings (SSSR count). The van der Waals surface area contributed by atoms with Crippen molar-refractivity contribution in [2.75, 3.05) is 26.7 Å².